The Kier molecular flexibility index (Phi) is 6.14. The molecule has 0 fully saturated rings. The van der Waals surface area contributed by atoms with Crippen LogP contribution in [0.15, 0.2) is 48.0 Å². The molecule has 3 rings (SSSR count). The summed E-state index contributed by atoms with van der Waals surface area (Å²) in [6.45, 7) is 0. The fraction of sp³-hybridized carbons (Fsp3) is 0.100. The SMILES string of the molecule is COc1cc(-c2csc(C(C#N)=CNc3ccc([N+](=O)[O-])cc3OC)n2)ccc1O. The quantitative estimate of drug-likeness (QED) is 0.324. The van der Waals surface area contributed by atoms with Crippen molar-refractivity contribution in [1.82, 2.24) is 4.98 Å². The Bertz CT molecular complexity index is 1170. The Labute approximate surface area is 175 Å². The van der Waals surface area contributed by atoms with Gasteiger partial charge in [-0.1, -0.05) is 0 Å². The number of benzene rings is 2. The summed E-state index contributed by atoms with van der Waals surface area (Å²) < 4.78 is 10.3. The van der Waals surface area contributed by atoms with Crippen LogP contribution in [0.25, 0.3) is 16.8 Å². The van der Waals surface area contributed by atoms with Crippen molar-refractivity contribution < 1.29 is 19.5 Å². The molecule has 0 atom stereocenters. The monoisotopic (exact) mass is 424 g/mol. The fourth-order valence-electron chi connectivity index (χ4n) is 2.57. The van der Waals surface area contributed by atoms with Crippen LogP contribution in [0.4, 0.5) is 11.4 Å². The van der Waals surface area contributed by atoms with Crippen LogP contribution < -0.4 is 14.8 Å². The lowest BCUT2D eigenvalue weighted by Gasteiger charge is -2.08. The third-order valence-corrected chi connectivity index (χ3v) is 4.97. The predicted molar refractivity (Wildman–Crippen MR) is 113 cm³/mol. The zero-order valence-corrected chi connectivity index (χ0v) is 16.8. The number of phenols is 1. The highest BCUT2D eigenvalue weighted by molar-refractivity contribution is 7.11. The number of nitro benzene ring substituents is 1. The van der Waals surface area contributed by atoms with Crippen LogP contribution in [0.2, 0.25) is 0 Å². The second kappa shape index (κ2) is 8.93. The smallest absolute Gasteiger partial charge is 0.273 e. The maximum atomic E-state index is 10.9. The maximum Gasteiger partial charge on any atom is 0.273 e. The van der Waals surface area contributed by atoms with Gasteiger partial charge in [-0.25, -0.2) is 4.98 Å². The fourth-order valence-corrected chi connectivity index (χ4v) is 3.37. The molecule has 0 bridgehead atoms. The number of methoxy groups -OCH3 is 2. The van der Waals surface area contributed by atoms with Gasteiger partial charge in [0, 0.05) is 23.2 Å². The third-order valence-electron chi connectivity index (χ3n) is 4.10. The van der Waals surface area contributed by atoms with Gasteiger partial charge >= 0.3 is 0 Å². The number of aromatic nitrogens is 1. The standard InChI is InChI=1S/C20H16N4O5S/c1-28-18-8-14(24(26)27)4-5-15(18)22-10-13(9-21)20-23-16(11-30-20)12-3-6-17(25)19(7-12)29-2/h3-8,10-11,22,25H,1-2H3. The molecule has 0 aliphatic rings. The molecular weight excluding hydrogens is 408 g/mol. The molecule has 0 unspecified atom stereocenters. The van der Waals surface area contributed by atoms with Gasteiger partial charge in [0.1, 0.15) is 22.4 Å². The van der Waals surface area contributed by atoms with Crippen molar-refractivity contribution in [2.24, 2.45) is 0 Å². The molecule has 152 valence electrons. The molecule has 3 aromatic rings. The van der Waals surface area contributed by atoms with E-state index < -0.39 is 4.92 Å². The number of nitro groups is 1. The number of thiazole rings is 1. The van der Waals surface area contributed by atoms with E-state index in [-0.39, 0.29) is 22.8 Å². The van der Waals surface area contributed by atoms with Gasteiger partial charge in [0.2, 0.25) is 0 Å². The molecule has 0 amide bonds. The van der Waals surface area contributed by atoms with Gasteiger partial charge in [0.05, 0.1) is 36.6 Å². The Hall–Kier alpha value is -4.10. The molecule has 2 N–H and O–H groups in total. The zero-order valence-electron chi connectivity index (χ0n) is 15.9. The van der Waals surface area contributed by atoms with Gasteiger partial charge < -0.3 is 19.9 Å². The molecule has 0 radical (unpaired) electrons. The van der Waals surface area contributed by atoms with Crippen LogP contribution in [-0.4, -0.2) is 29.2 Å². The van der Waals surface area contributed by atoms with Crippen molar-refractivity contribution in [2.45, 2.75) is 0 Å². The third kappa shape index (κ3) is 4.31. The summed E-state index contributed by atoms with van der Waals surface area (Å²) >= 11 is 1.28. The second-order valence-corrected chi connectivity index (χ2v) is 6.74. The molecule has 1 heterocycles. The second-order valence-electron chi connectivity index (χ2n) is 5.88. The number of nitrogens with zero attached hydrogens (tertiary/aromatic N) is 3. The molecule has 2 aromatic carbocycles. The number of nitrogens with one attached hydrogen (secondary N) is 1. The van der Waals surface area contributed by atoms with Gasteiger partial charge in [-0.3, -0.25) is 10.1 Å². The van der Waals surface area contributed by atoms with Gasteiger partial charge in [0.15, 0.2) is 11.5 Å². The van der Waals surface area contributed by atoms with E-state index in [9.17, 15) is 20.5 Å². The predicted octanol–water partition coefficient (Wildman–Crippen LogP) is 4.42. The summed E-state index contributed by atoms with van der Waals surface area (Å²) in [4.78, 5) is 14.9. The van der Waals surface area contributed by atoms with Crippen LogP contribution in [0, 0.1) is 21.4 Å². The normalized spacial score (nSPS) is 10.9. The number of aromatic hydroxyl groups is 1. The Morgan fingerprint density at radius 3 is 2.70 bits per heavy atom. The summed E-state index contributed by atoms with van der Waals surface area (Å²) in [6.07, 6.45) is 1.46. The van der Waals surface area contributed by atoms with Crippen LogP contribution >= 0.6 is 11.3 Å². The Morgan fingerprint density at radius 2 is 2.03 bits per heavy atom. The number of rotatable bonds is 7. The highest BCUT2D eigenvalue weighted by Crippen LogP contribution is 2.33. The molecule has 9 nitrogen and oxygen atoms in total. The average Bonchev–Trinajstić information content (AvgIpc) is 3.24. The van der Waals surface area contributed by atoms with Crippen LogP contribution in [0.1, 0.15) is 5.01 Å². The van der Waals surface area contributed by atoms with E-state index in [0.29, 0.717) is 22.1 Å². The van der Waals surface area contributed by atoms with Crippen LogP contribution in [0.3, 0.4) is 0 Å². The highest BCUT2D eigenvalue weighted by atomic mass is 32.1. The van der Waals surface area contributed by atoms with E-state index in [1.54, 1.807) is 17.5 Å². The van der Waals surface area contributed by atoms with Crippen molar-refractivity contribution in [2.75, 3.05) is 19.5 Å². The topological polar surface area (TPSA) is 131 Å². The first-order valence-corrected chi connectivity index (χ1v) is 9.37. The summed E-state index contributed by atoms with van der Waals surface area (Å²) in [5.74, 6) is 0.620. The Balaban J connectivity index is 1.86. The minimum absolute atomic E-state index is 0.0237. The van der Waals surface area contributed by atoms with Gasteiger partial charge in [-0.15, -0.1) is 11.3 Å². The number of ether oxygens (including phenoxy) is 2. The van der Waals surface area contributed by atoms with Crippen molar-refractivity contribution in [3.8, 4) is 34.6 Å². The van der Waals surface area contributed by atoms with Crippen molar-refractivity contribution in [3.05, 3.63) is 63.1 Å². The minimum atomic E-state index is -0.516. The molecule has 1 aromatic heterocycles. The molecule has 0 saturated carbocycles. The lowest BCUT2D eigenvalue weighted by atomic mass is 10.1. The van der Waals surface area contributed by atoms with E-state index in [0.717, 1.165) is 5.56 Å². The molecule has 10 heteroatoms. The van der Waals surface area contributed by atoms with Gasteiger partial charge in [0.25, 0.3) is 5.69 Å². The van der Waals surface area contributed by atoms with Crippen LogP contribution in [0.5, 0.6) is 17.2 Å². The molecular formula is C20H16N4O5S. The molecule has 0 spiro atoms. The first-order chi connectivity index (χ1) is 14.5. The first-order valence-electron chi connectivity index (χ1n) is 8.49. The summed E-state index contributed by atoms with van der Waals surface area (Å²) in [7, 11) is 2.86. The minimum Gasteiger partial charge on any atom is -0.504 e. The number of hydrogen-bond acceptors (Lipinski definition) is 9. The molecule has 0 aliphatic heterocycles. The van der Waals surface area contributed by atoms with Crippen LogP contribution in [-0.2, 0) is 0 Å². The lowest BCUT2D eigenvalue weighted by molar-refractivity contribution is -0.384. The van der Waals surface area contributed by atoms with E-state index >= 15 is 0 Å². The van der Waals surface area contributed by atoms with Crippen molar-refractivity contribution in [3.63, 3.8) is 0 Å². The average molecular weight is 424 g/mol. The number of phenolic OH excluding ortho intramolecular Hbond substituents is 1. The van der Waals surface area contributed by atoms with Gasteiger partial charge in [-0.05, 0) is 24.3 Å². The largest absolute Gasteiger partial charge is 0.504 e. The molecule has 0 aliphatic carbocycles. The maximum absolute atomic E-state index is 10.9. The first kappa shape index (κ1) is 20.6. The van der Waals surface area contributed by atoms with E-state index in [2.05, 4.69) is 16.4 Å². The van der Waals surface area contributed by atoms with E-state index in [1.165, 1.54) is 56.0 Å². The zero-order chi connectivity index (χ0) is 21.7. The number of nitriles is 1. The van der Waals surface area contributed by atoms with E-state index in [1.807, 2.05) is 0 Å². The number of hydrogen-bond donors (Lipinski definition) is 2. The summed E-state index contributed by atoms with van der Waals surface area (Å²) in [5, 5.41) is 35.4. The molecule has 30 heavy (non-hydrogen) atoms. The number of non-ortho nitro benzene ring substituents is 1. The summed E-state index contributed by atoms with van der Waals surface area (Å²) in [5.41, 5.74) is 2.00. The highest BCUT2D eigenvalue weighted by Gasteiger charge is 2.13. The van der Waals surface area contributed by atoms with E-state index in [4.69, 9.17) is 9.47 Å². The number of anilines is 1. The summed E-state index contributed by atoms with van der Waals surface area (Å²) in [6, 6.07) is 11.1. The Morgan fingerprint density at radius 1 is 1.27 bits per heavy atom. The van der Waals surface area contributed by atoms with Crippen molar-refractivity contribution in [1.29, 1.82) is 5.26 Å². The molecule has 0 saturated heterocycles. The lowest BCUT2D eigenvalue weighted by Crippen LogP contribution is -1.96. The number of allylic oxidation sites excluding steroid dienone is 1. The van der Waals surface area contributed by atoms with Gasteiger partial charge in [-0.2, -0.15) is 5.26 Å². The van der Waals surface area contributed by atoms with Crippen molar-refractivity contribution >= 4 is 28.3 Å².